The van der Waals surface area contributed by atoms with Gasteiger partial charge in [0.15, 0.2) is 0 Å². The molecule has 0 bridgehead atoms. The number of halogens is 1. The fraction of sp³-hybridized carbons (Fsp3) is 0.714. The lowest BCUT2D eigenvalue weighted by atomic mass is 10.1. The Bertz CT molecular complexity index is 542. The van der Waals surface area contributed by atoms with Crippen LogP contribution >= 0.6 is 15.9 Å². The molecule has 5 nitrogen and oxygen atoms in total. The van der Waals surface area contributed by atoms with Gasteiger partial charge in [-0.05, 0) is 35.7 Å². The van der Waals surface area contributed by atoms with Crippen molar-refractivity contribution in [1.82, 2.24) is 19.6 Å². The number of aryl methyl sites for hydroxylation is 2. The van der Waals surface area contributed by atoms with E-state index in [0.717, 1.165) is 36.3 Å². The predicted octanol–water partition coefficient (Wildman–Crippen LogP) is 1.66. The minimum Gasteiger partial charge on any atom is -0.294 e. The summed E-state index contributed by atoms with van der Waals surface area (Å²) in [6.45, 7) is 5.75. The van der Waals surface area contributed by atoms with Crippen molar-refractivity contribution in [2.24, 2.45) is 7.05 Å². The molecule has 1 aliphatic carbocycles. The largest absolute Gasteiger partial charge is 0.294 e. The zero-order valence-electron chi connectivity index (χ0n) is 12.0. The van der Waals surface area contributed by atoms with Crippen molar-refractivity contribution in [3.05, 3.63) is 15.9 Å². The fourth-order valence-electron chi connectivity index (χ4n) is 3.02. The molecule has 0 amide bonds. The highest BCUT2D eigenvalue weighted by Crippen LogP contribution is 2.30. The minimum absolute atomic E-state index is 0.0457. The van der Waals surface area contributed by atoms with Crippen LogP contribution in [0.5, 0.6) is 0 Å². The Morgan fingerprint density at radius 1 is 1.40 bits per heavy atom. The van der Waals surface area contributed by atoms with Crippen LogP contribution in [0.3, 0.4) is 0 Å². The lowest BCUT2D eigenvalue weighted by Gasteiger charge is -2.38. The maximum Gasteiger partial charge on any atom is 0.111 e. The van der Waals surface area contributed by atoms with E-state index in [4.69, 9.17) is 0 Å². The number of hydrogen-bond donors (Lipinski definition) is 0. The normalized spacial score (nSPS) is 24.8. The second-order valence-corrected chi connectivity index (χ2v) is 6.61. The summed E-state index contributed by atoms with van der Waals surface area (Å²) in [7, 11) is 1.98. The highest BCUT2D eigenvalue weighted by Gasteiger charge is 2.37. The van der Waals surface area contributed by atoms with Crippen LogP contribution in [-0.4, -0.2) is 51.3 Å². The first-order chi connectivity index (χ1) is 9.60. The van der Waals surface area contributed by atoms with Crippen molar-refractivity contribution in [3.63, 3.8) is 0 Å². The topological polar surface area (TPSA) is 48.1 Å². The fourth-order valence-corrected chi connectivity index (χ4v) is 3.48. The Hall–Kier alpha value is -0.900. The average Bonchev–Trinajstić information content (AvgIpc) is 3.24. The van der Waals surface area contributed by atoms with E-state index in [0.29, 0.717) is 6.04 Å². The first-order valence-electron chi connectivity index (χ1n) is 7.16. The zero-order valence-corrected chi connectivity index (χ0v) is 13.6. The maximum atomic E-state index is 9.39. The molecule has 1 atom stereocenters. The van der Waals surface area contributed by atoms with Gasteiger partial charge in [-0.15, -0.1) is 0 Å². The van der Waals surface area contributed by atoms with Crippen LogP contribution in [-0.2, 0) is 13.6 Å². The predicted molar refractivity (Wildman–Crippen MR) is 80.1 cm³/mol. The van der Waals surface area contributed by atoms with Crippen LogP contribution in [0, 0.1) is 18.3 Å². The van der Waals surface area contributed by atoms with E-state index in [1.807, 2.05) is 18.7 Å². The Balaban J connectivity index is 1.68. The van der Waals surface area contributed by atoms with Crippen LogP contribution < -0.4 is 0 Å². The van der Waals surface area contributed by atoms with E-state index >= 15 is 0 Å². The molecule has 20 heavy (non-hydrogen) atoms. The maximum absolute atomic E-state index is 9.39. The molecule has 1 saturated carbocycles. The summed E-state index contributed by atoms with van der Waals surface area (Å²) >= 11 is 3.62. The van der Waals surface area contributed by atoms with Crippen LogP contribution in [0.4, 0.5) is 0 Å². The van der Waals surface area contributed by atoms with Gasteiger partial charge in [-0.1, -0.05) is 0 Å². The molecule has 1 aromatic rings. The molecule has 0 aromatic carbocycles. The summed E-state index contributed by atoms with van der Waals surface area (Å²) in [6.07, 6.45) is 2.54. The second-order valence-electron chi connectivity index (χ2n) is 5.82. The average molecular weight is 338 g/mol. The minimum atomic E-state index is 0.0457. The number of nitrogens with zero attached hydrogens (tertiary/aromatic N) is 5. The molecular formula is C14H20BrN5. The van der Waals surface area contributed by atoms with Crippen LogP contribution in [0.2, 0.25) is 0 Å². The number of rotatable bonds is 3. The molecule has 0 N–H and O–H groups in total. The molecule has 108 valence electrons. The molecule has 2 fully saturated rings. The van der Waals surface area contributed by atoms with E-state index in [1.54, 1.807) is 0 Å². The molecule has 2 heterocycles. The third-order valence-corrected chi connectivity index (χ3v) is 5.34. The second kappa shape index (κ2) is 5.47. The van der Waals surface area contributed by atoms with Gasteiger partial charge in [0.05, 0.1) is 21.9 Å². The summed E-state index contributed by atoms with van der Waals surface area (Å²) in [5, 5.41) is 13.8. The van der Waals surface area contributed by atoms with E-state index in [1.165, 1.54) is 18.5 Å². The number of nitriles is 1. The van der Waals surface area contributed by atoms with Crippen molar-refractivity contribution in [3.8, 4) is 6.07 Å². The molecule has 2 aliphatic rings. The van der Waals surface area contributed by atoms with Crippen LogP contribution in [0.15, 0.2) is 4.47 Å². The van der Waals surface area contributed by atoms with Gasteiger partial charge in [0.25, 0.3) is 0 Å². The van der Waals surface area contributed by atoms with E-state index in [-0.39, 0.29) is 6.04 Å². The van der Waals surface area contributed by atoms with E-state index in [9.17, 15) is 5.26 Å². The summed E-state index contributed by atoms with van der Waals surface area (Å²) < 4.78 is 3.03. The third-order valence-electron chi connectivity index (χ3n) is 4.31. The van der Waals surface area contributed by atoms with Gasteiger partial charge < -0.3 is 0 Å². The number of aromatic nitrogens is 2. The zero-order chi connectivity index (χ0) is 14.3. The third kappa shape index (κ3) is 2.62. The van der Waals surface area contributed by atoms with Crippen molar-refractivity contribution >= 4 is 15.9 Å². The molecule has 3 rings (SSSR count). The number of hydrogen-bond acceptors (Lipinski definition) is 4. The van der Waals surface area contributed by atoms with Gasteiger partial charge in [0.2, 0.25) is 0 Å². The van der Waals surface area contributed by atoms with Gasteiger partial charge in [0, 0.05) is 39.3 Å². The summed E-state index contributed by atoms with van der Waals surface area (Å²) in [5.74, 6) is 0. The lowest BCUT2D eigenvalue weighted by Crippen LogP contribution is -2.53. The molecule has 0 spiro atoms. The highest BCUT2D eigenvalue weighted by molar-refractivity contribution is 9.10. The van der Waals surface area contributed by atoms with Crippen molar-refractivity contribution in [2.45, 2.75) is 38.4 Å². The SMILES string of the molecule is Cc1nn(C)c(CN2CCN(C3CC3)C(C#N)C2)c1Br. The monoisotopic (exact) mass is 337 g/mol. The smallest absolute Gasteiger partial charge is 0.111 e. The molecular weight excluding hydrogens is 318 g/mol. The quantitative estimate of drug-likeness (QED) is 0.841. The van der Waals surface area contributed by atoms with Crippen LogP contribution in [0.25, 0.3) is 0 Å². The van der Waals surface area contributed by atoms with Gasteiger partial charge in [-0.3, -0.25) is 14.5 Å². The first-order valence-corrected chi connectivity index (χ1v) is 7.95. The van der Waals surface area contributed by atoms with E-state index < -0.39 is 0 Å². The Morgan fingerprint density at radius 2 is 2.15 bits per heavy atom. The van der Waals surface area contributed by atoms with Gasteiger partial charge in [-0.2, -0.15) is 10.4 Å². The van der Waals surface area contributed by atoms with E-state index in [2.05, 4.69) is 36.9 Å². The van der Waals surface area contributed by atoms with Gasteiger partial charge >= 0.3 is 0 Å². The van der Waals surface area contributed by atoms with Crippen molar-refractivity contribution in [2.75, 3.05) is 19.6 Å². The molecule has 6 heteroatoms. The molecule has 1 saturated heterocycles. The van der Waals surface area contributed by atoms with Gasteiger partial charge in [0.1, 0.15) is 6.04 Å². The number of piperazine rings is 1. The van der Waals surface area contributed by atoms with Gasteiger partial charge in [-0.25, -0.2) is 0 Å². The van der Waals surface area contributed by atoms with Crippen molar-refractivity contribution in [1.29, 1.82) is 5.26 Å². The summed E-state index contributed by atoms with van der Waals surface area (Å²) in [6, 6.07) is 3.19. The van der Waals surface area contributed by atoms with Crippen LogP contribution in [0.1, 0.15) is 24.2 Å². The molecule has 1 aliphatic heterocycles. The molecule has 1 aromatic heterocycles. The molecule has 0 radical (unpaired) electrons. The Labute approximate surface area is 128 Å². The Kier molecular flexibility index (Phi) is 3.85. The Morgan fingerprint density at radius 3 is 2.70 bits per heavy atom. The highest BCUT2D eigenvalue weighted by atomic mass is 79.9. The first kappa shape index (κ1) is 14.1. The van der Waals surface area contributed by atoms with Crippen molar-refractivity contribution < 1.29 is 0 Å². The molecule has 1 unspecified atom stereocenters. The standard InChI is InChI=1S/C14H20BrN5/c1-10-14(15)13(18(2)17-10)9-19-5-6-20(11-3-4-11)12(7-16)8-19/h11-12H,3-6,8-9H2,1-2H3. The lowest BCUT2D eigenvalue weighted by molar-refractivity contribution is 0.0880. The summed E-state index contributed by atoms with van der Waals surface area (Å²) in [5.41, 5.74) is 2.22. The summed E-state index contributed by atoms with van der Waals surface area (Å²) in [4.78, 5) is 4.76.